The Morgan fingerprint density at radius 2 is 1.87 bits per heavy atom. The molecule has 0 spiro atoms. The molecule has 3 aromatic rings. The number of anilines is 2. The largest absolute Gasteiger partial charge is 0.397 e. The van der Waals surface area contributed by atoms with Gasteiger partial charge in [0.25, 0.3) is 5.91 Å². The molecule has 1 fully saturated rings. The number of hydrogen-bond donors (Lipinski definition) is 1. The quantitative estimate of drug-likeness (QED) is 0.549. The van der Waals surface area contributed by atoms with E-state index < -0.39 is 0 Å². The second-order valence-electron chi connectivity index (χ2n) is 8.56. The molecule has 1 aliphatic heterocycles. The first kappa shape index (κ1) is 20.6. The van der Waals surface area contributed by atoms with Gasteiger partial charge >= 0.3 is 0 Å². The highest BCUT2D eigenvalue weighted by atomic mass is 35.5. The third-order valence-corrected chi connectivity index (χ3v) is 7.86. The Morgan fingerprint density at radius 3 is 2.68 bits per heavy atom. The summed E-state index contributed by atoms with van der Waals surface area (Å²) in [7, 11) is 0. The molecular formula is C24H27ClN4OS. The van der Waals surface area contributed by atoms with Crippen LogP contribution in [0.1, 0.15) is 45.8 Å². The summed E-state index contributed by atoms with van der Waals surface area (Å²) in [5.41, 5.74) is 11.9. The Balaban J connectivity index is 1.36. The number of benzene rings is 1. The summed E-state index contributed by atoms with van der Waals surface area (Å²) in [6.07, 6.45) is 5.73. The van der Waals surface area contributed by atoms with Gasteiger partial charge in [-0.2, -0.15) is 0 Å². The minimum Gasteiger partial charge on any atom is -0.397 e. The Bertz CT molecular complexity index is 1150. The third-order valence-electron chi connectivity index (χ3n) is 6.52. The summed E-state index contributed by atoms with van der Waals surface area (Å²) in [6.45, 7) is 5.00. The van der Waals surface area contributed by atoms with Crippen LogP contribution in [-0.4, -0.2) is 42.0 Å². The Hall–Kier alpha value is -2.31. The number of fused-ring (bicyclic) bond motifs is 2. The van der Waals surface area contributed by atoms with Gasteiger partial charge in [-0.05, 0) is 61.9 Å². The summed E-state index contributed by atoms with van der Waals surface area (Å²) in [4.78, 5) is 24.0. The number of carbonyl (C=O) groups excluding carboxylic acids is 1. The molecule has 1 aromatic carbocycles. The van der Waals surface area contributed by atoms with E-state index in [-0.39, 0.29) is 5.91 Å². The molecule has 7 heteroatoms. The fourth-order valence-corrected chi connectivity index (χ4v) is 5.94. The molecule has 5 nitrogen and oxygen atoms in total. The second-order valence-corrected chi connectivity index (χ2v) is 10.00. The lowest BCUT2D eigenvalue weighted by Crippen LogP contribution is -2.49. The molecule has 2 N–H and O–H groups in total. The van der Waals surface area contributed by atoms with Crippen LogP contribution in [0.15, 0.2) is 24.3 Å². The van der Waals surface area contributed by atoms with E-state index in [1.54, 1.807) is 0 Å². The Kier molecular flexibility index (Phi) is 5.52. The van der Waals surface area contributed by atoms with E-state index in [0.29, 0.717) is 23.7 Å². The molecule has 162 valence electrons. The first-order valence-corrected chi connectivity index (χ1v) is 12.2. The van der Waals surface area contributed by atoms with Gasteiger partial charge in [0.15, 0.2) is 0 Å². The van der Waals surface area contributed by atoms with E-state index in [1.165, 1.54) is 47.4 Å². The number of aryl methyl sites for hydroxylation is 3. The number of amides is 1. The van der Waals surface area contributed by atoms with E-state index in [2.05, 4.69) is 17.9 Å². The van der Waals surface area contributed by atoms with Crippen LogP contribution in [0.25, 0.3) is 10.2 Å². The van der Waals surface area contributed by atoms with Crippen molar-refractivity contribution in [2.75, 3.05) is 36.8 Å². The van der Waals surface area contributed by atoms with Crippen molar-refractivity contribution < 1.29 is 4.79 Å². The molecule has 2 aromatic heterocycles. The maximum atomic E-state index is 13.3. The number of carbonyl (C=O) groups is 1. The summed E-state index contributed by atoms with van der Waals surface area (Å²) in [5.74, 6) is 0.0261. The van der Waals surface area contributed by atoms with Gasteiger partial charge in [0.1, 0.15) is 9.71 Å². The van der Waals surface area contributed by atoms with E-state index in [9.17, 15) is 4.79 Å². The molecule has 0 atom stereocenters. The molecule has 0 radical (unpaired) electrons. The van der Waals surface area contributed by atoms with Gasteiger partial charge in [0.05, 0.1) is 5.69 Å². The van der Waals surface area contributed by atoms with Gasteiger partial charge in [-0.25, -0.2) is 4.98 Å². The lowest BCUT2D eigenvalue weighted by atomic mass is 10.1. The summed E-state index contributed by atoms with van der Waals surface area (Å²) in [5, 5.41) is 1.69. The zero-order valence-corrected chi connectivity index (χ0v) is 19.4. The molecule has 1 amide bonds. The molecule has 1 aliphatic carbocycles. The maximum Gasteiger partial charge on any atom is 0.266 e. The number of rotatable bonds is 2. The van der Waals surface area contributed by atoms with Gasteiger partial charge in [-0.3, -0.25) is 4.79 Å². The van der Waals surface area contributed by atoms with Crippen LogP contribution >= 0.6 is 22.9 Å². The zero-order valence-electron chi connectivity index (χ0n) is 17.8. The van der Waals surface area contributed by atoms with Gasteiger partial charge in [0, 0.05) is 48.0 Å². The number of aromatic nitrogens is 1. The highest BCUT2D eigenvalue weighted by Gasteiger charge is 2.27. The molecule has 5 rings (SSSR count). The van der Waals surface area contributed by atoms with Gasteiger partial charge in [0.2, 0.25) is 0 Å². The summed E-state index contributed by atoms with van der Waals surface area (Å²) in [6, 6.07) is 8.15. The molecule has 3 heterocycles. The average Bonchev–Trinajstić information content (AvgIpc) is 2.94. The summed E-state index contributed by atoms with van der Waals surface area (Å²) >= 11 is 7.65. The maximum absolute atomic E-state index is 13.3. The van der Waals surface area contributed by atoms with Crippen LogP contribution in [0.4, 0.5) is 11.4 Å². The van der Waals surface area contributed by atoms with Crippen LogP contribution in [0.5, 0.6) is 0 Å². The Morgan fingerprint density at radius 1 is 1.10 bits per heavy atom. The van der Waals surface area contributed by atoms with Crippen molar-refractivity contribution in [2.24, 2.45) is 0 Å². The van der Waals surface area contributed by atoms with E-state index >= 15 is 0 Å². The number of halogens is 1. The molecule has 0 saturated carbocycles. The predicted molar refractivity (Wildman–Crippen MR) is 130 cm³/mol. The molecular weight excluding hydrogens is 428 g/mol. The number of thiophene rings is 1. The highest BCUT2D eigenvalue weighted by molar-refractivity contribution is 7.21. The minimum atomic E-state index is 0.0261. The molecule has 0 bridgehead atoms. The number of nitrogen functional groups attached to an aromatic ring is 1. The van der Waals surface area contributed by atoms with Crippen molar-refractivity contribution in [1.29, 1.82) is 0 Å². The molecule has 0 unspecified atom stereocenters. The smallest absolute Gasteiger partial charge is 0.266 e. The van der Waals surface area contributed by atoms with E-state index in [1.807, 2.05) is 23.1 Å². The van der Waals surface area contributed by atoms with E-state index in [0.717, 1.165) is 46.9 Å². The highest BCUT2D eigenvalue weighted by Crippen LogP contribution is 2.36. The topological polar surface area (TPSA) is 62.5 Å². The molecule has 1 saturated heterocycles. The van der Waals surface area contributed by atoms with Gasteiger partial charge in [-0.1, -0.05) is 24.1 Å². The number of nitrogens with two attached hydrogens (primary N) is 1. The van der Waals surface area contributed by atoms with Crippen molar-refractivity contribution in [1.82, 2.24) is 9.88 Å². The van der Waals surface area contributed by atoms with Crippen LogP contribution in [0.3, 0.4) is 0 Å². The summed E-state index contributed by atoms with van der Waals surface area (Å²) < 4.78 is 0. The van der Waals surface area contributed by atoms with Crippen molar-refractivity contribution in [3.63, 3.8) is 0 Å². The van der Waals surface area contributed by atoms with E-state index in [4.69, 9.17) is 22.3 Å². The van der Waals surface area contributed by atoms with Gasteiger partial charge < -0.3 is 15.5 Å². The van der Waals surface area contributed by atoms with Crippen LogP contribution in [0.2, 0.25) is 5.02 Å². The fraction of sp³-hybridized carbons (Fsp3) is 0.417. The Labute approximate surface area is 191 Å². The molecule has 31 heavy (non-hydrogen) atoms. The zero-order chi connectivity index (χ0) is 21.5. The SMILES string of the molecule is Cc1ccc(Cl)cc1N1CCN(C(=O)c2sc3nc4c(cc3c2N)CCCCC4)CC1. The number of hydrogen-bond acceptors (Lipinski definition) is 5. The number of pyridine rings is 1. The first-order chi connectivity index (χ1) is 15.0. The van der Waals surface area contributed by atoms with Crippen molar-refractivity contribution in [2.45, 2.75) is 39.0 Å². The third kappa shape index (κ3) is 3.87. The fourth-order valence-electron chi connectivity index (χ4n) is 4.71. The van der Waals surface area contributed by atoms with Crippen molar-refractivity contribution in [3.8, 4) is 0 Å². The molecule has 2 aliphatic rings. The first-order valence-electron chi connectivity index (χ1n) is 11.0. The predicted octanol–water partition coefficient (Wildman–Crippen LogP) is 5.07. The number of nitrogens with zero attached hydrogens (tertiary/aromatic N) is 3. The van der Waals surface area contributed by atoms with Crippen LogP contribution in [0, 0.1) is 6.92 Å². The number of piperazine rings is 1. The average molecular weight is 455 g/mol. The lowest BCUT2D eigenvalue weighted by Gasteiger charge is -2.36. The lowest BCUT2D eigenvalue weighted by molar-refractivity contribution is 0.0752. The standard InChI is InChI=1S/C24H27ClN4OS/c1-15-7-8-17(25)14-20(15)28-9-11-29(12-10-28)24(30)22-21(26)18-13-16-5-3-2-4-6-19(16)27-23(18)31-22/h7-8,13-14H,2-6,9-12,26H2,1H3. The van der Waals surface area contributed by atoms with Crippen molar-refractivity contribution in [3.05, 3.63) is 51.0 Å². The monoisotopic (exact) mass is 454 g/mol. The van der Waals surface area contributed by atoms with Gasteiger partial charge in [-0.15, -0.1) is 11.3 Å². The van der Waals surface area contributed by atoms with Crippen molar-refractivity contribution >= 4 is 50.4 Å². The van der Waals surface area contributed by atoms with Crippen LogP contribution < -0.4 is 10.6 Å². The second kappa shape index (κ2) is 8.32. The normalized spacial score (nSPS) is 17.0. The van der Waals surface area contributed by atoms with Crippen LogP contribution in [-0.2, 0) is 12.8 Å². The minimum absolute atomic E-state index is 0.0261.